The first-order chi connectivity index (χ1) is 14.3. The minimum absolute atomic E-state index is 0.0505. The van der Waals surface area contributed by atoms with Gasteiger partial charge in [-0.3, -0.25) is 9.52 Å². The number of rotatable bonds is 7. The second-order valence-corrected chi connectivity index (χ2v) is 10.3. The normalized spacial score (nSPS) is 20.7. The molecule has 30 heavy (non-hydrogen) atoms. The standard InChI is InChI=1S/C20H27N3O5S2/c1-13-11-23(14(2)12-24)20(25)15-6-4-7-16(19(15)28-17(13)10-21-3)22-30(26,27)18-8-5-9-29-18/h4-9,13-14,17,21-22,24H,10-12H2,1-3H3. The maximum Gasteiger partial charge on any atom is 0.271 e. The van der Waals surface area contributed by atoms with Crippen LogP contribution in [0.1, 0.15) is 24.2 Å². The van der Waals surface area contributed by atoms with Crippen molar-refractivity contribution < 1.29 is 23.1 Å². The van der Waals surface area contributed by atoms with Gasteiger partial charge in [-0.2, -0.15) is 0 Å². The molecule has 8 nitrogen and oxygen atoms in total. The summed E-state index contributed by atoms with van der Waals surface area (Å²) in [7, 11) is -2.01. The van der Waals surface area contributed by atoms with Crippen LogP contribution in [0.2, 0.25) is 0 Å². The average molecular weight is 454 g/mol. The number of likely N-dealkylation sites (N-methyl/N-ethyl adjacent to an activating group) is 1. The molecular formula is C20H27N3O5S2. The number of sulfonamides is 1. The number of carbonyl (C=O) groups is 1. The van der Waals surface area contributed by atoms with Gasteiger partial charge < -0.3 is 20.1 Å². The summed E-state index contributed by atoms with van der Waals surface area (Å²) >= 11 is 1.11. The highest BCUT2D eigenvalue weighted by Crippen LogP contribution is 2.36. The van der Waals surface area contributed by atoms with Gasteiger partial charge in [0.1, 0.15) is 10.3 Å². The van der Waals surface area contributed by atoms with Crippen LogP contribution in [0.5, 0.6) is 5.75 Å². The molecule has 3 rings (SSSR count). The second-order valence-electron chi connectivity index (χ2n) is 7.40. The van der Waals surface area contributed by atoms with Crippen molar-refractivity contribution in [3.8, 4) is 5.75 Å². The highest BCUT2D eigenvalue weighted by Gasteiger charge is 2.34. The zero-order valence-corrected chi connectivity index (χ0v) is 18.8. The molecule has 1 amide bonds. The Kier molecular flexibility index (Phi) is 7.02. The van der Waals surface area contributed by atoms with Crippen LogP contribution in [-0.2, 0) is 10.0 Å². The summed E-state index contributed by atoms with van der Waals surface area (Å²) in [5.74, 6) is -0.159. The molecule has 0 aliphatic carbocycles. The molecule has 164 valence electrons. The fourth-order valence-corrected chi connectivity index (χ4v) is 5.44. The SMILES string of the molecule is CNCC1Oc2c(NS(=O)(=O)c3cccs3)cccc2C(=O)N(C(C)CO)CC1C. The van der Waals surface area contributed by atoms with E-state index >= 15 is 0 Å². The van der Waals surface area contributed by atoms with E-state index < -0.39 is 10.0 Å². The molecule has 2 aromatic rings. The van der Waals surface area contributed by atoms with Gasteiger partial charge in [-0.1, -0.05) is 19.1 Å². The van der Waals surface area contributed by atoms with Crippen molar-refractivity contribution in [2.75, 3.05) is 31.5 Å². The zero-order valence-electron chi connectivity index (χ0n) is 17.2. The summed E-state index contributed by atoms with van der Waals surface area (Å²) in [6, 6.07) is 7.61. The first kappa shape index (κ1) is 22.5. The Balaban J connectivity index is 2.08. The van der Waals surface area contributed by atoms with Gasteiger partial charge in [0.2, 0.25) is 0 Å². The van der Waals surface area contributed by atoms with E-state index in [1.165, 1.54) is 6.07 Å². The fourth-order valence-electron chi connectivity index (χ4n) is 3.38. The highest BCUT2D eigenvalue weighted by atomic mass is 32.2. The number of hydrogen-bond donors (Lipinski definition) is 3. The largest absolute Gasteiger partial charge is 0.486 e. The smallest absolute Gasteiger partial charge is 0.271 e. The Bertz CT molecular complexity index is 978. The van der Waals surface area contributed by atoms with E-state index in [2.05, 4.69) is 10.0 Å². The summed E-state index contributed by atoms with van der Waals surface area (Å²) in [5.41, 5.74) is 0.468. The summed E-state index contributed by atoms with van der Waals surface area (Å²) < 4.78 is 34.5. The van der Waals surface area contributed by atoms with E-state index in [1.807, 2.05) is 6.92 Å². The van der Waals surface area contributed by atoms with E-state index in [0.29, 0.717) is 13.1 Å². The molecular weight excluding hydrogens is 426 g/mol. The highest BCUT2D eigenvalue weighted by molar-refractivity contribution is 7.94. The Morgan fingerprint density at radius 3 is 2.73 bits per heavy atom. The number of benzene rings is 1. The predicted octanol–water partition coefficient (Wildman–Crippen LogP) is 1.99. The Hall–Kier alpha value is -2.14. The number of thiophene rings is 1. The van der Waals surface area contributed by atoms with Gasteiger partial charge >= 0.3 is 0 Å². The van der Waals surface area contributed by atoms with Gasteiger partial charge in [0.05, 0.1) is 23.9 Å². The summed E-state index contributed by atoms with van der Waals surface area (Å²) in [6.07, 6.45) is -0.303. The zero-order chi connectivity index (χ0) is 21.9. The fraction of sp³-hybridized carbons (Fsp3) is 0.450. The van der Waals surface area contributed by atoms with Gasteiger partial charge in [-0.25, -0.2) is 8.42 Å². The molecule has 0 bridgehead atoms. The number of ether oxygens (including phenoxy) is 1. The Labute approximate surface area is 180 Å². The van der Waals surface area contributed by atoms with Crippen LogP contribution < -0.4 is 14.8 Å². The lowest BCUT2D eigenvalue weighted by atomic mass is 9.99. The van der Waals surface area contributed by atoms with Crippen molar-refractivity contribution in [2.45, 2.75) is 30.2 Å². The van der Waals surface area contributed by atoms with E-state index in [9.17, 15) is 18.3 Å². The lowest BCUT2D eigenvalue weighted by Crippen LogP contribution is -2.49. The third-order valence-electron chi connectivity index (χ3n) is 5.10. The van der Waals surface area contributed by atoms with Crippen molar-refractivity contribution in [2.24, 2.45) is 5.92 Å². The number of aliphatic hydroxyl groups excluding tert-OH is 1. The molecule has 3 unspecified atom stereocenters. The molecule has 2 heterocycles. The van der Waals surface area contributed by atoms with Gasteiger partial charge in [0.15, 0.2) is 5.75 Å². The minimum Gasteiger partial charge on any atom is -0.486 e. The monoisotopic (exact) mass is 453 g/mol. The predicted molar refractivity (Wildman–Crippen MR) is 117 cm³/mol. The summed E-state index contributed by atoms with van der Waals surface area (Å²) in [6.45, 7) is 4.51. The minimum atomic E-state index is -3.81. The molecule has 1 aromatic carbocycles. The number of hydrogen-bond acceptors (Lipinski definition) is 7. The van der Waals surface area contributed by atoms with Crippen molar-refractivity contribution in [1.29, 1.82) is 0 Å². The molecule has 0 spiro atoms. The van der Waals surface area contributed by atoms with E-state index in [1.54, 1.807) is 48.5 Å². The van der Waals surface area contributed by atoms with Crippen molar-refractivity contribution in [3.63, 3.8) is 0 Å². The molecule has 1 aliphatic heterocycles. The number of aliphatic hydroxyl groups is 1. The van der Waals surface area contributed by atoms with Crippen LogP contribution in [0, 0.1) is 5.92 Å². The number of nitrogens with one attached hydrogen (secondary N) is 2. The van der Waals surface area contributed by atoms with Gasteiger partial charge in [0.25, 0.3) is 15.9 Å². The lowest BCUT2D eigenvalue weighted by Gasteiger charge is -2.37. The molecule has 10 heteroatoms. The molecule has 0 saturated carbocycles. The molecule has 0 radical (unpaired) electrons. The first-order valence-electron chi connectivity index (χ1n) is 9.71. The third kappa shape index (κ3) is 4.61. The summed E-state index contributed by atoms with van der Waals surface area (Å²) in [5, 5.41) is 14.4. The number of anilines is 1. The number of nitrogens with zero attached hydrogens (tertiary/aromatic N) is 1. The number of amides is 1. The van der Waals surface area contributed by atoms with Crippen molar-refractivity contribution in [3.05, 3.63) is 41.3 Å². The average Bonchev–Trinajstić information content (AvgIpc) is 3.26. The maximum atomic E-state index is 13.3. The van der Waals surface area contributed by atoms with Crippen LogP contribution in [-0.4, -0.2) is 63.2 Å². The third-order valence-corrected chi connectivity index (χ3v) is 7.86. The topological polar surface area (TPSA) is 108 Å². The number of para-hydroxylation sites is 1. The van der Waals surface area contributed by atoms with E-state index in [0.717, 1.165) is 11.3 Å². The lowest BCUT2D eigenvalue weighted by molar-refractivity contribution is 0.0417. The van der Waals surface area contributed by atoms with E-state index in [4.69, 9.17) is 4.74 Å². The Morgan fingerprint density at radius 1 is 1.33 bits per heavy atom. The molecule has 1 aliphatic rings. The van der Waals surface area contributed by atoms with Gasteiger partial charge in [-0.05, 0) is 37.6 Å². The molecule has 1 aromatic heterocycles. The molecule has 3 N–H and O–H groups in total. The first-order valence-corrected chi connectivity index (χ1v) is 12.1. The number of fused-ring (bicyclic) bond motifs is 1. The van der Waals surface area contributed by atoms with Crippen molar-refractivity contribution >= 4 is 33.0 Å². The van der Waals surface area contributed by atoms with Crippen LogP contribution in [0.15, 0.2) is 39.9 Å². The van der Waals surface area contributed by atoms with Crippen LogP contribution in [0.25, 0.3) is 0 Å². The molecule has 0 fully saturated rings. The van der Waals surface area contributed by atoms with Crippen molar-refractivity contribution in [1.82, 2.24) is 10.2 Å². The Morgan fingerprint density at radius 2 is 2.10 bits per heavy atom. The molecule has 3 atom stereocenters. The van der Waals surface area contributed by atoms with Crippen LogP contribution in [0.4, 0.5) is 5.69 Å². The summed E-state index contributed by atoms with van der Waals surface area (Å²) in [4.78, 5) is 14.9. The molecule has 0 saturated heterocycles. The second kappa shape index (κ2) is 9.34. The van der Waals surface area contributed by atoms with Gasteiger partial charge in [0, 0.05) is 19.0 Å². The van der Waals surface area contributed by atoms with Crippen LogP contribution >= 0.6 is 11.3 Å². The van der Waals surface area contributed by atoms with E-state index in [-0.39, 0.29) is 51.8 Å². The van der Waals surface area contributed by atoms with Crippen LogP contribution in [0.3, 0.4) is 0 Å². The van der Waals surface area contributed by atoms with Gasteiger partial charge in [-0.15, -0.1) is 11.3 Å². The maximum absolute atomic E-state index is 13.3. The number of carbonyl (C=O) groups excluding carboxylic acids is 1. The quantitative estimate of drug-likeness (QED) is 0.592.